The zero-order chi connectivity index (χ0) is 18.0. The standard InChI is InChI=1S/C20H24O4/c1-11-5-15(6-12(2)18(11)21)9-17(20(23)24)10-16-7-13(3)19(22)14(4)8-16/h5-8,17,21-22H,9-10H2,1-4H3,(H,23,24). The lowest BCUT2D eigenvalue weighted by Crippen LogP contribution is -2.19. The Morgan fingerprint density at radius 1 is 0.792 bits per heavy atom. The molecule has 0 bridgehead atoms. The van der Waals surface area contributed by atoms with Crippen LogP contribution >= 0.6 is 0 Å². The van der Waals surface area contributed by atoms with Crippen molar-refractivity contribution in [3.8, 4) is 11.5 Å². The summed E-state index contributed by atoms with van der Waals surface area (Å²) in [5, 5.41) is 29.3. The highest BCUT2D eigenvalue weighted by Gasteiger charge is 2.20. The van der Waals surface area contributed by atoms with Gasteiger partial charge in [-0.25, -0.2) is 0 Å². The summed E-state index contributed by atoms with van der Waals surface area (Å²) in [6.45, 7) is 7.26. The van der Waals surface area contributed by atoms with Crippen LogP contribution in [0.15, 0.2) is 24.3 Å². The first kappa shape index (κ1) is 17.9. The van der Waals surface area contributed by atoms with E-state index >= 15 is 0 Å². The number of carbonyl (C=O) groups is 1. The number of aliphatic carboxylic acids is 1. The summed E-state index contributed by atoms with van der Waals surface area (Å²) in [6.07, 6.45) is 0.798. The van der Waals surface area contributed by atoms with Gasteiger partial charge in [0.25, 0.3) is 0 Å². The minimum absolute atomic E-state index is 0.260. The van der Waals surface area contributed by atoms with Crippen molar-refractivity contribution in [2.75, 3.05) is 0 Å². The maximum absolute atomic E-state index is 11.7. The predicted octanol–water partition coefficient (Wildman–Crippen LogP) is 3.82. The fourth-order valence-corrected chi connectivity index (χ4v) is 3.14. The van der Waals surface area contributed by atoms with Crippen LogP contribution in [0.25, 0.3) is 0 Å². The van der Waals surface area contributed by atoms with E-state index in [2.05, 4.69) is 0 Å². The van der Waals surface area contributed by atoms with Crippen LogP contribution in [0, 0.1) is 33.6 Å². The predicted molar refractivity (Wildman–Crippen MR) is 93.7 cm³/mol. The summed E-state index contributed by atoms with van der Waals surface area (Å²) in [5.74, 6) is -0.885. The van der Waals surface area contributed by atoms with Gasteiger partial charge in [-0.1, -0.05) is 24.3 Å². The quantitative estimate of drug-likeness (QED) is 0.780. The van der Waals surface area contributed by atoms with E-state index in [1.807, 2.05) is 52.0 Å². The number of carboxylic acid groups (broad SMARTS) is 1. The molecular weight excluding hydrogens is 304 g/mol. The number of aromatic hydroxyl groups is 2. The van der Waals surface area contributed by atoms with Crippen LogP contribution in [-0.4, -0.2) is 21.3 Å². The van der Waals surface area contributed by atoms with E-state index in [4.69, 9.17) is 0 Å². The lowest BCUT2D eigenvalue weighted by atomic mass is 9.90. The highest BCUT2D eigenvalue weighted by atomic mass is 16.4. The molecule has 3 N–H and O–H groups in total. The summed E-state index contributed by atoms with van der Waals surface area (Å²) >= 11 is 0. The van der Waals surface area contributed by atoms with E-state index in [1.54, 1.807) is 0 Å². The second kappa shape index (κ2) is 6.95. The first-order valence-corrected chi connectivity index (χ1v) is 8.00. The Labute approximate surface area is 142 Å². The van der Waals surface area contributed by atoms with Gasteiger partial charge in [0, 0.05) is 0 Å². The van der Waals surface area contributed by atoms with Crippen molar-refractivity contribution >= 4 is 5.97 Å². The molecule has 0 amide bonds. The van der Waals surface area contributed by atoms with Crippen molar-refractivity contribution in [2.24, 2.45) is 5.92 Å². The SMILES string of the molecule is Cc1cc(CC(Cc2cc(C)c(O)c(C)c2)C(=O)O)cc(C)c1O. The van der Waals surface area contributed by atoms with Crippen molar-refractivity contribution in [1.82, 2.24) is 0 Å². The number of phenols is 2. The molecule has 0 unspecified atom stereocenters. The van der Waals surface area contributed by atoms with Crippen LogP contribution in [0.2, 0.25) is 0 Å². The van der Waals surface area contributed by atoms with E-state index in [0.29, 0.717) is 12.8 Å². The third kappa shape index (κ3) is 3.88. The van der Waals surface area contributed by atoms with Crippen molar-refractivity contribution < 1.29 is 20.1 Å². The maximum atomic E-state index is 11.7. The van der Waals surface area contributed by atoms with Gasteiger partial charge in [-0.15, -0.1) is 0 Å². The number of carboxylic acids is 1. The van der Waals surface area contributed by atoms with E-state index in [9.17, 15) is 20.1 Å². The number of rotatable bonds is 5. The fourth-order valence-electron chi connectivity index (χ4n) is 3.14. The topological polar surface area (TPSA) is 77.8 Å². The monoisotopic (exact) mass is 328 g/mol. The zero-order valence-electron chi connectivity index (χ0n) is 14.6. The third-order valence-corrected chi connectivity index (χ3v) is 4.42. The molecule has 0 atom stereocenters. The number of benzene rings is 2. The summed E-state index contributed by atoms with van der Waals surface area (Å²) in [4.78, 5) is 11.7. The summed E-state index contributed by atoms with van der Waals surface area (Å²) in [6, 6.07) is 7.36. The Morgan fingerprint density at radius 2 is 1.08 bits per heavy atom. The molecule has 0 spiro atoms. The van der Waals surface area contributed by atoms with Gasteiger partial charge in [-0.05, 0) is 73.9 Å². The zero-order valence-corrected chi connectivity index (χ0v) is 14.6. The molecule has 24 heavy (non-hydrogen) atoms. The Hall–Kier alpha value is -2.49. The molecule has 0 heterocycles. The van der Waals surface area contributed by atoms with Crippen molar-refractivity contribution in [3.63, 3.8) is 0 Å². The molecule has 0 aliphatic carbocycles. The number of phenolic OH excluding ortho intramolecular Hbond substituents is 2. The molecule has 0 saturated carbocycles. The van der Waals surface area contributed by atoms with E-state index in [-0.39, 0.29) is 11.5 Å². The van der Waals surface area contributed by atoms with Gasteiger partial charge in [-0.3, -0.25) is 4.79 Å². The normalized spacial score (nSPS) is 11.0. The molecular formula is C20H24O4. The average Bonchev–Trinajstić information content (AvgIpc) is 2.49. The van der Waals surface area contributed by atoms with Gasteiger partial charge in [-0.2, -0.15) is 0 Å². The Morgan fingerprint density at radius 3 is 1.33 bits per heavy atom. The van der Waals surface area contributed by atoms with Gasteiger partial charge in [0.05, 0.1) is 5.92 Å². The van der Waals surface area contributed by atoms with Gasteiger partial charge in [0.2, 0.25) is 0 Å². The van der Waals surface area contributed by atoms with Crippen LogP contribution < -0.4 is 0 Å². The molecule has 0 aromatic heterocycles. The Kier molecular flexibility index (Phi) is 5.17. The number of hydrogen-bond donors (Lipinski definition) is 3. The van der Waals surface area contributed by atoms with Crippen LogP contribution in [0.1, 0.15) is 33.4 Å². The summed E-state index contributed by atoms with van der Waals surface area (Å²) in [7, 11) is 0. The average molecular weight is 328 g/mol. The highest BCUT2D eigenvalue weighted by molar-refractivity contribution is 5.71. The molecule has 2 aromatic rings. The molecule has 4 heteroatoms. The van der Waals surface area contributed by atoms with Crippen molar-refractivity contribution in [2.45, 2.75) is 40.5 Å². The van der Waals surface area contributed by atoms with Crippen molar-refractivity contribution in [1.29, 1.82) is 0 Å². The largest absolute Gasteiger partial charge is 0.507 e. The first-order valence-electron chi connectivity index (χ1n) is 8.00. The van der Waals surface area contributed by atoms with E-state index in [1.165, 1.54) is 0 Å². The molecule has 0 aliphatic heterocycles. The summed E-state index contributed by atoms with van der Waals surface area (Å²) in [5.41, 5.74) is 4.83. The van der Waals surface area contributed by atoms with Crippen LogP contribution in [-0.2, 0) is 17.6 Å². The molecule has 2 aromatic carbocycles. The third-order valence-electron chi connectivity index (χ3n) is 4.42. The highest BCUT2D eigenvalue weighted by Crippen LogP contribution is 2.27. The molecule has 0 aliphatic rings. The van der Waals surface area contributed by atoms with Gasteiger partial charge < -0.3 is 15.3 Å². The molecule has 2 rings (SSSR count). The van der Waals surface area contributed by atoms with Gasteiger partial charge >= 0.3 is 5.97 Å². The fraction of sp³-hybridized carbons (Fsp3) is 0.350. The van der Waals surface area contributed by atoms with Crippen molar-refractivity contribution in [3.05, 3.63) is 57.6 Å². The molecule has 0 radical (unpaired) electrons. The molecule has 0 saturated heterocycles. The summed E-state index contributed by atoms with van der Waals surface area (Å²) < 4.78 is 0. The lowest BCUT2D eigenvalue weighted by molar-refractivity contribution is -0.141. The lowest BCUT2D eigenvalue weighted by Gasteiger charge is -2.16. The van der Waals surface area contributed by atoms with E-state index < -0.39 is 11.9 Å². The Balaban J connectivity index is 2.26. The second-order valence-electron chi connectivity index (χ2n) is 6.60. The maximum Gasteiger partial charge on any atom is 0.307 e. The minimum atomic E-state index is -0.846. The van der Waals surface area contributed by atoms with E-state index in [0.717, 1.165) is 33.4 Å². The number of aryl methyl sites for hydroxylation is 4. The first-order chi connectivity index (χ1) is 11.2. The van der Waals surface area contributed by atoms with Crippen LogP contribution in [0.3, 0.4) is 0 Å². The number of hydrogen-bond acceptors (Lipinski definition) is 3. The van der Waals surface area contributed by atoms with Crippen LogP contribution in [0.5, 0.6) is 11.5 Å². The van der Waals surface area contributed by atoms with Gasteiger partial charge in [0.1, 0.15) is 11.5 Å². The molecule has 4 nitrogen and oxygen atoms in total. The Bertz CT molecular complexity index is 672. The minimum Gasteiger partial charge on any atom is -0.507 e. The van der Waals surface area contributed by atoms with Crippen LogP contribution in [0.4, 0.5) is 0 Å². The second-order valence-corrected chi connectivity index (χ2v) is 6.60. The molecule has 0 fully saturated rings. The smallest absolute Gasteiger partial charge is 0.307 e. The molecule has 128 valence electrons. The van der Waals surface area contributed by atoms with Gasteiger partial charge in [0.15, 0.2) is 0 Å².